The second-order valence-electron chi connectivity index (χ2n) is 3.15. The third-order valence-electron chi connectivity index (χ3n) is 2.07. The fourth-order valence-electron chi connectivity index (χ4n) is 1.29. The van der Waals surface area contributed by atoms with Crippen molar-refractivity contribution in [3.05, 3.63) is 54.2 Å². The highest BCUT2D eigenvalue weighted by atomic mass is 15.0. The first-order valence-electron chi connectivity index (χ1n) is 5.60. The van der Waals surface area contributed by atoms with Crippen LogP contribution < -0.4 is 5.32 Å². The van der Waals surface area contributed by atoms with Gasteiger partial charge in [0.15, 0.2) is 0 Å². The summed E-state index contributed by atoms with van der Waals surface area (Å²) in [6.45, 7) is 6.07. The first kappa shape index (κ1) is 12.2. The van der Waals surface area contributed by atoms with Crippen LogP contribution in [0.3, 0.4) is 0 Å². The van der Waals surface area contributed by atoms with Crippen LogP contribution in [-0.2, 0) is 0 Å². The quantitative estimate of drug-likeness (QED) is 0.812. The first-order chi connectivity index (χ1) is 7.86. The Kier molecular flexibility index (Phi) is 5.06. The molecule has 0 amide bonds. The van der Waals surface area contributed by atoms with Crippen molar-refractivity contribution in [2.45, 2.75) is 20.8 Å². The summed E-state index contributed by atoms with van der Waals surface area (Å²) in [5.74, 6) is 0.877. The van der Waals surface area contributed by atoms with Gasteiger partial charge in [-0.05, 0) is 30.7 Å². The zero-order chi connectivity index (χ0) is 11.8. The van der Waals surface area contributed by atoms with Crippen LogP contribution in [0.4, 0.5) is 11.5 Å². The molecular weight excluding hydrogens is 196 g/mol. The van der Waals surface area contributed by atoms with E-state index in [1.54, 1.807) is 6.20 Å². The minimum Gasteiger partial charge on any atom is -0.340 e. The van der Waals surface area contributed by atoms with Crippen LogP contribution in [-0.4, -0.2) is 4.98 Å². The van der Waals surface area contributed by atoms with Gasteiger partial charge in [-0.1, -0.05) is 38.1 Å². The monoisotopic (exact) mass is 214 g/mol. The van der Waals surface area contributed by atoms with Crippen LogP contribution in [0.1, 0.15) is 19.4 Å². The number of benzene rings is 1. The number of rotatable bonds is 2. The number of aryl methyl sites for hydroxylation is 1. The topological polar surface area (TPSA) is 24.9 Å². The molecule has 0 saturated heterocycles. The summed E-state index contributed by atoms with van der Waals surface area (Å²) < 4.78 is 0. The number of anilines is 2. The lowest BCUT2D eigenvalue weighted by Gasteiger charge is -2.07. The van der Waals surface area contributed by atoms with Crippen LogP contribution in [0.15, 0.2) is 48.7 Å². The molecule has 0 aliphatic carbocycles. The Hall–Kier alpha value is -1.83. The molecule has 0 fully saturated rings. The number of nitrogens with one attached hydrogen (secondary N) is 1. The molecule has 2 aromatic rings. The molecule has 2 rings (SSSR count). The summed E-state index contributed by atoms with van der Waals surface area (Å²) in [6.07, 6.45) is 1.78. The van der Waals surface area contributed by atoms with Crippen molar-refractivity contribution in [2.24, 2.45) is 0 Å². The number of pyridine rings is 1. The standard InChI is InChI=1S/C12H12N2.C2H6/c1-10-6-2-3-7-11(10)14-12-8-4-5-9-13-12;1-2/h2-9H,1H3,(H,13,14);1-2H3. The second-order valence-corrected chi connectivity index (χ2v) is 3.15. The van der Waals surface area contributed by atoms with Crippen molar-refractivity contribution >= 4 is 11.5 Å². The van der Waals surface area contributed by atoms with Gasteiger partial charge >= 0.3 is 0 Å². The summed E-state index contributed by atoms with van der Waals surface area (Å²) in [5, 5.41) is 3.26. The lowest BCUT2D eigenvalue weighted by atomic mass is 10.2. The molecule has 0 radical (unpaired) electrons. The van der Waals surface area contributed by atoms with E-state index in [4.69, 9.17) is 0 Å². The minimum absolute atomic E-state index is 0.877. The fourth-order valence-corrected chi connectivity index (χ4v) is 1.29. The largest absolute Gasteiger partial charge is 0.340 e. The zero-order valence-corrected chi connectivity index (χ0v) is 10.1. The van der Waals surface area contributed by atoms with E-state index in [0.29, 0.717) is 0 Å². The third-order valence-corrected chi connectivity index (χ3v) is 2.07. The Morgan fingerprint density at radius 3 is 2.25 bits per heavy atom. The third kappa shape index (κ3) is 3.39. The molecule has 0 saturated carbocycles. The predicted octanol–water partition coefficient (Wildman–Crippen LogP) is 4.16. The number of hydrogen-bond acceptors (Lipinski definition) is 2. The lowest BCUT2D eigenvalue weighted by molar-refractivity contribution is 1.30. The van der Waals surface area contributed by atoms with Gasteiger partial charge in [-0.25, -0.2) is 4.98 Å². The van der Waals surface area contributed by atoms with Gasteiger partial charge in [0, 0.05) is 11.9 Å². The maximum Gasteiger partial charge on any atom is 0.130 e. The summed E-state index contributed by atoms with van der Waals surface area (Å²) in [5.41, 5.74) is 2.32. The van der Waals surface area contributed by atoms with Crippen molar-refractivity contribution in [2.75, 3.05) is 5.32 Å². The van der Waals surface area contributed by atoms with Gasteiger partial charge in [0.2, 0.25) is 0 Å². The molecule has 0 aliphatic rings. The molecule has 0 spiro atoms. The average molecular weight is 214 g/mol. The molecule has 0 unspecified atom stereocenters. The van der Waals surface area contributed by atoms with Gasteiger partial charge in [-0.2, -0.15) is 0 Å². The minimum atomic E-state index is 0.877. The van der Waals surface area contributed by atoms with Gasteiger partial charge < -0.3 is 5.32 Å². The molecule has 2 heteroatoms. The van der Waals surface area contributed by atoms with Crippen LogP contribution in [0.5, 0.6) is 0 Å². The van der Waals surface area contributed by atoms with E-state index >= 15 is 0 Å². The predicted molar refractivity (Wildman–Crippen MR) is 70.0 cm³/mol. The van der Waals surface area contributed by atoms with Crippen molar-refractivity contribution in [1.82, 2.24) is 4.98 Å². The van der Waals surface area contributed by atoms with E-state index in [2.05, 4.69) is 23.3 Å². The summed E-state index contributed by atoms with van der Waals surface area (Å²) in [7, 11) is 0. The highest BCUT2D eigenvalue weighted by Crippen LogP contribution is 2.17. The normalized spacial score (nSPS) is 8.94. The fraction of sp³-hybridized carbons (Fsp3) is 0.214. The van der Waals surface area contributed by atoms with Crippen molar-refractivity contribution in [1.29, 1.82) is 0 Å². The molecule has 1 heterocycles. The molecule has 1 aromatic carbocycles. The molecule has 0 bridgehead atoms. The Bertz CT molecular complexity index is 410. The Labute approximate surface area is 97.4 Å². The summed E-state index contributed by atoms with van der Waals surface area (Å²) in [6, 6.07) is 14.0. The van der Waals surface area contributed by atoms with Crippen LogP contribution in [0.2, 0.25) is 0 Å². The van der Waals surface area contributed by atoms with Crippen LogP contribution >= 0.6 is 0 Å². The van der Waals surface area contributed by atoms with E-state index in [0.717, 1.165) is 11.5 Å². The molecule has 1 aromatic heterocycles. The molecule has 2 nitrogen and oxygen atoms in total. The van der Waals surface area contributed by atoms with Crippen molar-refractivity contribution < 1.29 is 0 Å². The van der Waals surface area contributed by atoms with Gasteiger partial charge in [-0.3, -0.25) is 0 Å². The molecule has 16 heavy (non-hydrogen) atoms. The maximum absolute atomic E-state index is 4.20. The Morgan fingerprint density at radius 1 is 0.938 bits per heavy atom. The van der Waals surface area contributed by atoms with Gasteiger partial charge in [0.25, 0.3) is 0 Å². The highest BCUT2D eigenvalue weighted by molar-refractivity contribution is 5.59. The van der Waals surface area contributed by atoms with Crippen LogP contribution in [0, 0.1) is 6.92 Å². The molecular formula is C14H18N2. The molecule has 0 atom stereocenters. The van der Waals surface area contributed by atoms with E-state index in [1.165, 1.54) is 5.56 Å². The average Bonchev–Trinajstić information content (AvgIpc) is 2.36. The van der Waals surface area contributed by atoms with Gasteiger partial charge in [0.1, 0.15) is 5.82 Å². The lowest BCUT2D eigenvalue weighted by Crippen LogP contribution is -1.94. The SMILES string of the molecule is CC.Cc1ccccc1Nc1ccccn1. The Morgan fingerprint density at radius 2 is 1.62 bits per heavy atom. The highest BCUT2D eigenvalue weighted by Gasteiger charge is 1.96. The molecule has 1 N–H and O–H groups in total. The number of para-hydroxylation sites is 1. The zero-order valence-electron chi connectivity index (χ0n) is 10.1. The van der Waals surface area contributed by atoms with Gasteiger partial charge in [-0.15, -0.1) is 0 Å². The van der Waals surface area contributed by atoms with Crippen LogP contribution in [0.25, 0.3) is 0 Å². The van der Waals surface area contributed by atoms with Gasteiger partial charge in [0.05, 0.1) is 0 Å². The molecule has 84 valence electrons. The smallest absolute Gasteiger partial charge is 0.130 e. The number of aromatic nitrogens is 1. The second kappa shape index (κ2) is 6.62. The van der Waals surface area contributed by atoms with Crippen molar-refractivity contribution in [3.8, 4) is 0 Å². The van der Waals surface area contributed by atoms with Crippen molar-refractivity contribution in [3.63, 3.8) is 0 Å². The van der Waals surface area contributed by atoms with E-state index in [9.17, 15) is 0 Å². The summed E-state index contributed by atoms with van der Waals surface area (Å²) in [4.78, 5) is 4.20. The van der Waals surface area contributed by atoms with E-state index in [1.807, 2.05) is 50.2 Å². The van der Waals surface area contributed by atoms with E-state index in [-0.39, 0.29) is 0 Å². The number of nitrogens with zero attached hydrogens (tertiary/aromatic N) is 1. The molecule has 0 aliphatic heterocycles. The van der Waals surface area contributed by atoms with E-state index < -0.39 is 0 Å². The maximum atomic E-state index is 4.20. The summed E-state index contributed by atoms with van der Waals surface area (Å²) >= 11 is 0. The first-order valence-corrected chi connectivity index (χ1v) is 5.60. The number of hydrogen-bond donors (Lipinski definition) is 1. The Balaban J connectivity index is 0.000000606.